The highest BCUT2D eigenvalue weighted by molar-refractivity contribution is 6.39. The van der Waals surface area contributed by atoms with Crippen LogP contribution in [0.3, 0.4) is 0 Å². The number of halogens is 3. The molecule has 1 aliphatic heterocycles. The Morgan fingerprint density at radius 2 is 1.57 bits per heavy atom. The molecule has 1 fully saturated rings. The number of carbonyl (C=O) groups excluding carboxylic acids is 2. The number of rotatable bonds is 3. The number of alkyl halides is 3. The number of piperidine rings is 1. The lowest BCUT2D eigenvalue weighted by atomic mass is 9.90. The van der Waals surface area contributed by atoms with E-state index in [0.29, 0.717) is 19.0 Å². The van der Waals surface area contributed by atoms with Crippen LogP contribution in [0.15, 0.2) is 54.6 Å². The molecule has 28 heavy (non-hydrogen) atoms. The molecule has 1 saturated heterocycles. The summed E-state index contributed by atoms with van der Waals surface area (Å²) in [6.07, 6.45) is -1.87. The molecule has 148 valence electrons. The first-order chi connectivity index (χ1) is 13.3. The zero-order valence-electron chi connectivity index (χ0n) is 15.2. The monoisotopic (exact) mass is 390 g/mol. The molecule has 4 nitrogen and oxygen atoms in total. The molecule has 0 spiro atoms. The SMILES string of the molecule is O=C(Nc1ccc(C(F)(F)F)cc1)C(=O)N1CCC(Cc2ccccc2)CC1. The summed E-state index contributed by atoms with van der Waals surface area (Å²) in [6, 6.07) is 14.1. The fraction of sp³-hybridized carbons (Fsp3) is 0.333. The Hall–Kier alpha value is -2.83. The van der Waals surface area contributed by atoms with Crippen LogP contribution in [-0.2, 0) is 22.2 Å². The van der Waals surface area contributed by atoms with E-state index in [1.807, 2.05) is 18.2 Å². The Morgan fingerprint density at radius 1 is 0.964 bits per heavy atom. The molecule has 0 unspecified atom stereocenters. The molecule has 2 aromatic rings. The maximum absolute atomic E-state index is 12.6. The lowest BCUT2D eigenvalue weighted by Gasteiger charge is -2.31. The van der Waals surface area contributed by atoms with E-state index < -0.39 is 23.6 Å². The minimum Gasteiger partial charge on any atom is -0.334 e. The summed E-state index contributed by atoms with van der Waals surface area (Å²) in [5, 5.41) is 2.37. The third-order valence-electron chi connectivity index (χ3n) is 4.93. The number of hydrogen-bond donors (Lipinski definition) is 1. The van der Waals surface area contributed by atoms with Crippen LogP contribution >= 0.6 is 0 Å². The Kier molecular flexibility index (Phi) is 6.02. The lowest BCUT2D eigenvalue weighted by Crippen LogP contribution is -2.44. The average Bonchev–Trinajstić information content (AvgIpc) is 2.68. The minimum atomic E-state index is -4.44. The van der Waals surface area contributed by atoms with Gasteiger partial charge in [0, 0.05) is 18.8 Å². The average molecular weight is 390 g/mol. The molecule has 7 heteroatoms. The van der Waals surface area contributed by atoms with Gasteiger partial charge in [-0.1, -0.05) is 30.3 Å². The van der Waals surface area contributed by atoms with E-state index in [1.165, 1.54) is 10.5 Å². The largest absolute Gasteiger partial charge is 0.416 e. The molecule has 0 radical (unpaired) electrons. The van der Waals surface area contributed by atoms with E-state index in [9.17, 15) is 22.8 Å². The number of carbonyl (C=O) groups is 2. The first kappa shape index (κ1) is 19.9. The molecule has 0 saturated carbocycles. The highest BCUT2D eigenvalue weighted by atomic mass is 19.4. The van der Waals surface area contributed by atoms with Gasteiger partial charge in [0.15, 0.2) is 0 Å². The molecule has 3 rings (SSSR count). The molecule has 0 aromatic heterocycles. The van der Waals surface area contributed by atoms with E-state index in [0.717, 1.165) is 43.5 Å². The van der Waals surface area contributed by atoms with E-state index in [1.54, 1.807) is 0 Å². The van der Waals surface area contributed by atoms with Gasteiger partial charge in [0.1, 0.15) is 0 Å². The molecule has 2 amide bonds. The smallest absolute Gasteiger partial charge is 0.334 e. The van der Waals surface area contributed by atoms with Crippen molar-refractivity contribution in [3.63, 3.8) is 0 Å². The van der Waals surface area contributed by atoms with Crippen molar-refractivity contribution in [2.75, 3.05) is 18.4 Å². The van der Waals surface area contributed by atoms with Gasteiger partial charge in [0.25, 0.3) is 0 Å². The van der Waals surface area contributed by atoms with Crippen LogP contribution < -0.4 is 5.32 Å². The fourth-order valence-corrected chi connectivity index (χ4v) is 3.36. The Morgan fingerprint density at radius 3 is 2.14 bits per heavy atom. The second-order valence-electron chi connectivity index (χ2n) is 6.95. The predicted molar refractivity (Wildman–Crippen MR) is 99.5 cm³/mol. The fourth-order valence-electron chi connectivity index (χ4n) is 3.36. The number of amides is 2. The topological polar surface area (TPSA) is 49.4 Å². The summed E-state index contributed by atoms with van der Waals surface area (Å²) in [6.45, 7) is 0.994. The Labute approximate surface area is 161 Å². The molecular formula is C21H21F3N2O2. The zero-order chi connectivity index (χ0) is 20.1. The number of nitrogens with zero attached hydrogens (tertiary/aromatic N) is 1. The molecule has 0 bridgehead atoms. The second kappa shape index (κ2) is 8.46. The van der Waals surface area contributed by atoms with E-state index >= 15 is 0 Å². The van der Waals surface area contributed by atoms with Gasteiger partial charge in [-0.25, -0.2) is 0 Å². The zero-order valence-corrected chi connectivity index (χ0v) is 15.2. The van der Waals surface area contributed by atoms with Gasteiger partial charge in [-0.15, -0.1) is 0 Å². The number of hydrogen-bond acceptors (Lipinski definition) is 2. The normalized spacial score (nSPS) is 15.3. The van der Waals surface area contributed by atoms with Gasteiger partial charge in [-0.2, -0.15) is 13.2 Å². The molecule has 0 aliphatic carbocycles. The summed E-state index contributed by atoms with van der Waals surface area (Å²) >= 11 is 0. The van der Waals surface area contributed by atoms with Crippen molar-refractivity contribution in [3.8, 4) is 0 Å². The van der Waals surface area contributed by atoms with Crippen molar-refractivity contribution in [1.29, 1.82) is 0 Å². The second-order valence-corrected chi connectivity index (χ2v) is 6.95. The quantitative estimate of drug-likeness (QED) is 0.802. The Bertz CT molecular complexity index is 812. The van der Waals surface area contributed by atoms with Crippen LogP contribution in [0.25, 0.3) is 0 Å². The summed E-state index contributed by atoms with van der Waals surface area (Å²) < 4.78 is 37.7. The van der Waals surface area contributed by atoms with Crippen molar-refractivity contribution in [2.24, 2.45) is 5.92 Å². The number of nitrogens with one attached hydrogen (secondary N) is 1. The van der Waals surface area contributed by atoms with Crippen LogP contribution in [0.5, 0.6) is 0 Å². The van der Waals surface area contributed by atoms with Gasteiger partial charge < -0.3 is 10.2 Å². The summed E-state index contributed by atoms with van der Waals surface area (Å²) in [7, 11) is 0. The van der Waals surface area contributed by atoms with Crippen molar-refractivity contribution in [2.45, 2.75) is 25.4 Å². The van der Waals surface area contributed by atoms with Crippen LogP contribution in [0.2, 0.25) is 0 Å². The maximum atomic E-state index is 12.6. The first-order valence-electron chi connectivity index (χ1n) is 9.14. The van der Waals surface area contributed by atoms with Crippen LogP contribution in [0.1, 0.15) is 24.0 Å². The first-order valence-corrected chi connectivity index (χ1v) is 9.14. The molecule has 0 atom stereocenters. The predicted octanol–water partition coefficient (Wildman–Crippen LogP) is 4.13. The van der Waals surface area contributed by atoms with Crippen molar-refractivity contribution in [1.82, 2.24) is 4.90 Å². The maximum Gasteiger partial charge on any atom is 0.416 e. The summed E-state index contributed by atoms with van der Waals surface area (Å²) in [5.41, 5.74) is 0.606. The molecule has 2 aromatic carbocycles. The molecule has 1 N–H and O–H groups in total. The van der Waals surface area contributed by atoms with Crippen molar-refractivity contribution in [3.05, 3.63) is 65.7 Å². The van der Waals surface area contributed by atoms with Crippen LogP contribution in [-0.4, -0.2) is 29.8 Å². The van der Waals surface area contributed by atoms with Crippen molar-refractivity contribution >= 4 is 17.5 Å². The van der Waals surface area contributed by atoms with E-state index in [4.69, 9.17) is 0 Å². The van der Waals surface area contributed by atoms with Gasteiger partial charge in [0.2, 0.25) is 0 Å². The van der Waals surface area contributed by atoms with Gasteiger partial charge in [0.05, 0.1) is 5.56 Å². The Balaban J connectivity index is 1.50. The number of benzene rings is 2. The van der Waals surface area contributed by atoms with Gasteiger partial charge >= 0.3 is 18.0 Å². The third-order valence-corrected chi connectivity index (χ3v) is 4.93. The standard InChI is InChI=1S/C21H21F3N2O2/c22-21(23,24)17-6-8-18(9-7-17)25-19(27)20(28)26-12-10-16(11-13-26)14-15-4-2-1-3-5-15/h1-9,16H,10-14H2,(H,25,27). The molecular weight excluding hydrogens is 369 g/mol. The molecule has 1 heterocycles. The third kappa shape index (κ3) is 5.12. The minimum absolute atomic E-state index is 0.158. The summed E-state index contributed by atoms with van der Waals surface area (Å²) in [4.78, 5) is 26.0. The van der Waals surface area contributed by atoms with Crippen LogP contribution in [0, 0.1) is 5.92 Å². The van der Waals surface area contributed by atoms with E-state index in [-0.39, 0.29) is 5.69 Å². The van der Waals surface area contributed by atoms with Crippen LogP contribution in [0.4, 0.5) is 18.9 Å². The van der Waals surface area contributed by atoms with Gasteiger partial charge in [-0.3, -0.25) is 9.59 Å². The number of anilines is 1. The van der Waals surface area contributed by atoms with Crippen molar-refractivity contribution < 1.29 is 22.8 Å². The molecule has 1 aliphatic rings. The van der Waals surface area contributed by atoms with Gasteiger partial charge in [-0.05, 0) is 55.0 Å². The highest BCUT2D eigenvalue weighted by Gasteiger charge is 2.30. The lowest BCUT2D eigenvalue weighted by molar-refractivity contribution is -0.144. The highest BCUT2D eigenvalue weighted by Crippen LogP contribution is 2.29. The van der Waals surface area contributed by atoms with E-state index in [2.05, 4.69) is 17.4 Å². The summed E-state index contributed by atoms with van der Waals surface area (Å²) in [5.74, 6) is -1.02. The number of likely N-dealkylation sites (tertiary alicyclic amines) is 1.